The average Bonchev–Trinajstić information content (AvgIpc) is 2.87. The summed E-state index contributed by atoms with van der Waals surface area (Å²) in [4.78, 5) is 12.7. The first-order valence-corrected chi connectivity index (χ1v) is 12.8. The number of nitrogens with zero attached hydrogens (tertiary/aromatic N) is 1. The Morgan fingerprint density at radius 2 is 1.71 bits per heavy atom. The van der Waals surface area contributed by atoms with Crippen LogP contribution in [0.2, 0.25) is 0 Å². The van der Waals surface area contributed by atoms with Crippen molar-refractivity contribution in [3.63, 3.8) is 0 Å². The van der Waals surface area contributed by atoms with E-state index in [4.69, 9.17) is 0 Å². The van der Waals surface area contributed by atoms with Gasteiger partial charge in [0.2, 0.25) is 0 Å². The normalized spacial score (nSPS) is 13.3. The van der Waals surface area contributed by atoms with Gasteiger partial charge in [-0.05, 0) is 71.1 Å². The van der Waals surface area contributed by atoms with Crippen LogP contribution in [0.15, 0.2) is 89.8 Å². The minimum Gasteiger partial charge on any atom is -0.334 e. The highest BCUT2D eigenvalue weighted by molar-refractivity contribution is 7.92. The number of aryl methyl sites for hydroxylation is 1. The lowest BCUT2D eigenvalue weighted by Gasteiger charge is -2.31. The van der Waals surface area contributed by atoms with Gasteiger partial charge in [-0.2, -0.15) is 0 Å². The first-order chi connectivity index (χ1) is 16.9. The number of rotatable bonds is 5. The highest BCUT2D eigenvalue weighted by atomic mass is 32.2. The number of halogens is 1. The van der Waals surface area contributed by atoms with E-state index in [2.05, 4.69) is 10.6 Å². The van der Waals surface area contributed by atoms with Gasteiger partial charge in [0.25, 0.3) is 10.0 Å². The summed E-state index contributed by atoms with van der Waals surface area (Å²) in [7, 11) is -3.87. The van der Waals surface area contributed by atoms with Gasteiger partial charge in [-0.15, -0.1) is 0 Å². The molecule has 1 heterocycles. The molecule has 1 aliphatic heterocycles. The van der Waals surface area contributed by atoms with Crippen molar-refractivity contribution in [1.29, 1.82) is 0 Å². The minimum absolute atomic E-state index is 0.0259. The lowest BCUT2D eigenvalue weighted by molar-refractivity contribution is 0.252. The summed E-state index contributed by atoms with van der Waals surface area (Å²) in [5, 5.41) is 7.86. The van der Waals surface area contributed by atoms with Gasteiger partial charge in [0.1, 0.15) is 5.82 Å². The smallest absolute Gasteiger partial charge is 0.319 e. The summed E-state index contributed by atoms with van der Waals surface area (Å²) in [5.74, 6) is -0.496. The Morgan fingerprint density at radius 3 is 2.54 bits per heavy atom. The van der Waals surface area contributed by atoms with Gasteiger partial charge < -0.3 is 10.6 Å². The highest BCUT2D eigenvalue weighted by Crippen LogP contribution is 2.34. The van der Waals surface area contributed by atoms with Crippen molar-refractivity contribution in [3.05, 3.63) is 102 Å². The van der Waals surface area contributed by atoms with E-state index < -0.39 is 15.8 Å². The molecule has 8 heteroatoms. The van der Waals surface area contributed by atoms with Crippen molar-refractivity contribution in [3.8, 4) is 0 Å². The molecule has 0 fully saturated rings. The summed E-state index contributed by atoms with van der Waals surface area (Å²) < 4.78 is 41.2. The van der Waals surface area contributed by atoms with Crippen LogP contribution in [0.1, 0.15) is 17.5 Å². The van der Waals surface area contributed by atoms with Gasteiger partial charge in [0.15, 0.2) is 0 Å². The molecule has 2 amide bonds. The van der Waals surface area contributed by atoms with Gasteiger partial charge in [0, 0.05) is 18.8 Å². The van der Waals surface area contributed by atoms with Gasteiger partial charge >= 0.3 is 6.03 Å². The SMILES string of the molecule is O=C(NCc1cccc2ccccc12)Nc1ccc2c(c1)N(S(=O)(=O)c1ccc(F)cc1)CCC2. The molecule has 0 atom stereocenters. The first kappa shape index (κ1) is 22.9. The van der Waals surface area contributed by atoms with E-state index >= 15 is 0 Å². The van der Waals surface area contributed by atoms with Crippen molar-refractivity contribution < 1.29 is 17.6 Å². The Bertz CT molecular complexity index is 1500. The molecule has 0 saturated carbocycles. The molecular weight excluding hydrogens is 465 g/mol. The third-order valence-electron chi connectivity index (χ3n) is 6.14. The predicted molar refractivity (Wildman–Crippen MR) is 136 cm³/mol. The Morgan fingerprint density at radius 1 is 0.943 bits per heavy atom. The number of urea groups is 1. The van der Waals surface area contributed by atoms with E-state index in [9.17, 15) is 17.6 Å². The summed E-state index contributed by atoms with van der Waals surface area (Å²) in [5.41, 5.74) is 2.89. The zero-order valence-electron chi connectivity index (χ0n) is 18.9. The molecule has 5 rings (SSSR count). The summed E-state index contributed by atoms with van der Waals surface area (Å²) in [6, 6.07) is 23.6. The van der Waals surface area contributed by atoms with Gasteiger partial charge in [-0.1, -0.05) is 48.5 Å². The fraction of sp³-hybridized carbons (Fsp3) is 0.148. The first-order valence-electron chi connectivity index (χ1n) is 11.3. The molecule has 0 spiro atoms. The van der Waals surface area contributed by atoms with Crippen LogP contribution < -0.4 is 14.9 Å². The standard InChI is InChI=1S/C27H24FN3O3S/c28-22-11-14-24(15-12-22)35(33,34)31-16-4-8-20-10-13-23(17-26(20)31)30-27(32)29-18-21-7-3-6-19-5-1-2-9-25(19)21/h1-3,5-7,9-15,17H,4,8,16,18H2,(H2,29,30,32). The maximum absolute atomic E-state index is 13.3. The van der Waals surface area contributed by atoms with Crippen molar-refractivity contribution in [2.24, 2.45) is 0 Å². The van der Waals surface area contributed by atoms with E-state index in [1.165, 1.54) is 16.4 Å². The summed E-state index contributed by atoms with van der Waals surface area (Å²) in [6.07, 6.45) is 1.41. The fourth-order valence-corrected chi connectivity index (χ4v) is 5.93. The minimum atomic E-state index is -3.87. The van der Waals surface area contributed by atoms with Gasteiger partial charge in [0.05, 0.1) is 10.6 Å². The molecule has 1 aliphatic rings. The van der Waals surface area contributed by atoms with Crippen LogP contribution in [0.5, 0.6) is 0 Å². The molecular formula is C27H24FN3O3S. The number of sulfonamides is 1. The highest BCUT2D eigenvalue weighted by Gasteiger charge is 2.29. The average molecular weight is 490 g/mol. The van der Waals surface area contributed by atoms with E-state index in [0.29, 0.717) is 30.9 Å². The Balaban J connectivity index is 1.34. The molecule has 0 aliphatic carbocycles. The maximum atomic E-state index is 13.3. The Labute approximate surface area is 203 Å². The van der Waals surface area contributed by atoms with Crippen LogP contribution in [-0.2, 0) is 23.0 Å². The Hall–Kier alpha value is -3.91. The molecule has 0 unspecified atom stereocenters. The zero-order chi connectivity index (χ0) is 24.4. The summed E-state index contributed by atoms with van der Waals surface area (Å²) >= 11 is 0. The molecule has 178 valence electrons. The third kappa shape index (κ3) is 4.70. The number of carbonyl (C=O) groups excluding carboxylic acids is 1. The van der Waals surface area contributed by atoms with Crippen LogP contribution in [0.25, 0.3) is 10.8 Å². The predicted octanol–water partition coefficient (Wildman–Crippen LogP) is 5.44. The largest absolute Gasteiger partial charge is 0.334 e. The second-order valence-corrected chi connectivity index (χ2v) is 10.3. The lowest BCUT2D eigenvalue weighted by atomic mass is 10.0. The maximum Gasteiger partial charge on any atom is 0.319 e. The van der Waals surface area contributed by atoms with Crippen LogP contribution in [0, 0.1) is 5.82 Å². The fourth-order valence-electron chi connectivity index (χ4n) is 4.40. The van der Waals surface area contributed by atoms with E-state index in [-0.39, 0.29) is 10.9 Å². The van der Waals surface area contributed by atoms with Crippen molar-refractivity contribution >= 4 is 38.2 Å². The van der Waals surface area contributed by atoms with E-state index in [0.717, 1.165) is 40.5 Å². The van der Waals surface area contributed by atoms with Gasteiger partial charge in [-0.25, -0.2) is 17.6 Å². The second kappa shape index (κ2) is 9.38. The number of hydrogen-bond donors (Lipinski definition) is 2. The number of fused-ring (bicyclic) bond motifs is 2. The van der Waals surface area contributed by atoms with E-state index in [1.54, 1.807) is 12.1 Å². The molecule has 4 aromatic rings. The zero-order valence-corrected chi connectivity index (χ0v) is 19.7. The third-order valence-corrected chi connectivity index (χ3v) is 7.97. The molecule has 0 aromatic heterocycles. The molecule has 35 heavy (non-hydrogen) atoms. The number of amides is 2. The van der Waals surface area contributed by atoms with Crippen molar-refractivity contribution in [2.45, 2.75) is 24.3 Å². The van der Waals surface area contributed by atoms with Crippen LogP contribution in [0.4, 0.5) is 20.6 Å². The monoisotopic (exact) mass is 489 g/mol. The number of hydrogen-bond acceptors (Lipinski definition) is 3. The van der Waals surface area contributed by atoms with Crippen LogP contribution in [0.3, 0.4) is 0 Å². The number of nitrogens with one attached hydrogen (secondary N) is 2. The Kier molecular flexibility index (Phi) is 6.13. The topological polar surface area (TPSA) is 78.5 Å². The number of benzene rings is 4. The molecule has 2 N–H and O–H groups in total. The molecule has 6 nitrogen and oxygen atoms in total. The number of anilines is 2. The molecule has 0 bridgehead atoms. The van der Waals surface area contributed by atoms with E-state index in [1.807, 2.05) is 48.5 Å². The molecule has 0 saturated heterocycles. The quantitative estimate of drug-likeness (QED) is 0.392. The van der Waals surface area contributed by atoms with Crippen molar-refractivity contribution in [1.82, 2.24) is 5.32 Å². The van der Waals surface area contributed by atoms with Crippen LogP contribution >= 0.6 is 0 Å². The molecule has 4 aromatic carbocycles. The lowest BCUT2D eigenvalue weighted by Crippen LogP contribution is -2.35. The summed E-state index contributed by atoms with van der Waals surface area (Å²) in [6.45, 7) is 0.659. The van der Waals surface area contributed by atoms with Crippen LogP contribution in [-0.4, -0.2) is 21.0 Å². The van der Waals surface area contributed by atoms with Gasteiger partial charge in [-0.3, -0.25) is 4.31 Å². The second-order valence-electron chi connectivity index (χ2n) is 8.42. The molecule has 0 radical (unpaired) electrons. The van der Waals surface area contributed by atoms with Crippen molar-refractivity contribution in [2.75, 3.05) is 16.2 Å². The number of carbonyl (C=O) groups is 1.